The number of aromatic nitrogens is 4. The summed E-state index contributed by atoms with van der Waals surface area (Å²) in [5.41, 5.74) is 4.99. The molecular formula is C24H22N6O. The van der Waals surface area contributed by atoms with E-state index in [4.69, 9.17) is 10.2 Å². The maximum Gasteiger partial charge on any atom is 0.254 e. The second-order valence-corrected chi connectivity index (χ2v) is 8.16. The molecule has 7 heteroatoms. The lowest BCUT2D eigenvalue weighted by Crippen LogP contribution is -2.34. The van der Waals surface area contributed by atoms with Gasteiger partial charge in [0.1, 0.15) is 0 Å². The first-order chi connectivity index (χ1) is 15.1. The summed E-state index contributed by atoms with van der Waals surface area (Å²) in [6.07, 6.45) is 6.62. The Morgan fingerprint density at radius 2 is 2.19 bits per heavy atom. The van der Waals surface area contributed by atoms with E-state index >= 15 is 0 Å². The van der Waals surface area contributed by atoms with Crippen LogP contribution in [0.15, 0.2) is 61.1 Å². The smallest absolute Gasteiger partial charge is 0.254 e. The number of pyridine rings is 1. The van der Waals surface area contributed by atoms with Crippen LogP contribution in [0.3, 0.4) is 0 Å². The fourth-order valence-corrected chi connectivity index (χ4v) is 4.51. The average molecular weight is 410 g/mol. The van der Waals surface area contributed by atoms with Gasteiger partial charge in [0.15, 0.2) is 0 Å². The SMILES string of the molecule is C[C@H]1C[C@H](Cn2ccc3nc(-c4cn[nH]c4)ccc32)CN1C(=O)c1cccc(C#N)c1. The van der Waals surface area contributed by atoms with Crippen molar-refractivity contribution in [2.45, 2.75) is 25.9 Å². The largest absolute Gasteiger partial charge is 0.346 e. The summed E-state index contributed by atoms with van der Waals surface area (Å²) < 4.78 is 2.23. The van der Waals surface area contributed by atoms with E-state index in [1.165, 1.54) is 0 Å². The fourth-order valence-electron chi connectivity index (χ4n) is 4.51. The van der Waals surface area contributed by atoms with Crippen LogP contribution in [0.25, 0.3) is 22.3 Å². The Hall–Kier alpha value is -3.92. The van der Waals surface area contributed by atoms with Crippen molar-refractivity contribution in [3.63, 3.8) is 0 Å². The van der Waals surface area contributed by atoms with Crippen molar-refractivity contribution in [2.24, 2.45) is 5.92 Å². The highest BCUT2D eigenvalue weighted by atomic mass is 16.2. The van der Waals surface area contributed by atoms with E-state index < -0.39 is 0 Å². The molecule has 0 bridgehead atoms. The number of amides is 1. The van der Waals surface area contributed by atoms with Gasteiger partial charge in [0.25, 0.3) is 5.91 Å². The standard InChI is InChI=1S/C24H22N6O/c1-16-9-18(15-30(16)24(31)19-4-2-3-17(10-19)11-25)14-29-8-7-22-23(29)6-5-21(28-22)20-12-26-27-13-20/h2-8,10,12-13,16,18H,9,14-15H2,1H3,(H,26,27)/t16-,18+/m0/s1. The minimum atomic E-state index is -0.00381. The van der Waals surface area contributed by atoms with E-state index in [-0.39, 0.29) is 11.9 Å². The first-order valence-electron chi connectivity index (χ1n) is 10.4. The number of carbonyl (C=O) groups is 1. The molecule has 2 atom stereocenters. The van der Waals surface area contributed by atoms with E-state index in [0.717, 1.165) is 35.3 Å². The number of likely N-dealkylation sites (tertiary alicyclic amines) is 1. The maximum atomic E-state index is 13.0. The molecule has 1 saturated heterocycles. The molecule has 5 rings (SSSR count). The second kappa shape index (κ2) is 7.73. The Morgan fingerprint density at radius 1 is 1.29 bits per heavy atom. The van der Waals surface area contributed by atoms with Crippen LogP contribution in [-0.4, -0.2) is 43.1 Å². The molecule has 1 N–H and O–H groups in total. The Balaban J connectivity index is 1.32. The molecule has 154 valence electrons. The Labute approximate surface area is 179 Å². The third kappa shape index (κ3) is 3.57. The van der Waals surface area contributed by atoms with Crippen LogP contribution in [0.4, 0.5) is 0 Å². The minimum Gasteiger partial charge on any atom is -0.346 e. The fraction of sp³-hybridized carbons (Fsp3) is 0.250. The minimum absolute atomic E-state index is 0.00381. The molecule has 3 aromatic heterocycles. The van der Waals surface area contributed by atoms with Gasteiger partial charge in [-0.2, -0.15) is 10.4 Å². The summed E-state index contributed by atoms with van der Waals surface area (Å²) in [4.78, 5) is 19.7. The quantitative estimate of drug-likeness (QED) is 0.553. The number of rotatable bonds is 4. The zero-order chi connectivity index (χ0) is 21.4. The van der Waals surface area contributed by atoms with Crippen LogP contribution in [-0.2, 0) is 6.54 Å². The van der Waals surface area contributed by atoms with Gasteiger partial charge in [-0.15, -0.1) is 0 Å². The van der Waals surface area contributed by atoms with Gasteiger partial charge >= 0.3 is 0 Å². The number of nitriles is 1. The van der Waals surface area contributed by atoms with Crippen molar-refractivity contribution in [2.75, 3.05) is 6.54 Å². The number of fused-ring (bicyclic) bond motifs is 1. The molecule has 0 spiro atoms. The molecule has 0 unspecified atom stereocenters. The molecule has 1 aliphatic rings. The highest BCUT2D eigenvalue weighted by Gasteiger charge is 2.33. The number of H-pyrrole nitrogens is 1. The van der Waals surface area contributed by atoms with E-state index in [9.17, 15) is 4.79 Å². The summed E-state index contributed by atoms with van der Waals surface area (Å²) in [5.74, 6) is 0.359. The normalized spacial score (nSPS) is 18.4. The molecule has 0 saturated carbocycles. The van der Waals surface area contributed by atoms with Crippen molar-refractivity contribution in [3.8, 4) is 17.3 Å². The first-order valence-corrected chi connectivity index (χ1v) is 10.4. The Bertz CT molecular complexity index is 1280. The first kappa shape index (κ1) is 19.1. The lowest BCUT2D eigenvalue weighted by Gasteiger charge is -2.21. The molecule has 4 heterocycles. The van der Waals surface area contributed by atoms with Crippen molar-refractivity contribution in [1.29, 1.82) is 5.26 Å². The van der Waals surface area contributed by atoms with Crippen LogP contribution in [0.1, 0.15) is 29.3 Å². The predicted molar refractivity (Wildman–Crippen MR) is 117 cm³/mol. The van der Waals surface area contributed by atoms with Crippen LogP contribution in [0.2, 0.25) is 0 Å². The van der Waals surface area contributed by atoms with E-state index in [0.29, 0.717) is 23.6 Å². The summed E-state index contributed by atoms with van der Waals surface area (Å²) in [5, 5.41) is 15.9. The highest BCUT2D eigenvalue weighted by molar-refractivity contribution is 5.95. The molecule has 1 aromatic carbocycles. The van der Waals surface area contributed by atoms with E-state index in [2.05, 4.69) is 40.0 Å². The highest BCUT2D eigenvalue weighted by Crippen LogP contribution is 2.28. The van der Waals surface area contributed by atoms with Crippen molar-refractivity contribution in [3.05, 3.63) is 72.2 Å². The van der Waals surface area contributed by atoms with Gasteiger partial charge in [0, 0.05) is 42.7 Å². The number of nitrogens with one attached hydrogen (secondary N) is 1. The average Bonchev–Trinajstić information content (AvgIpc) is 3.54. The zero-order valence-electron chi connectivity index (χ0n) is 17.2. The van der Waals surface area contributed by atoms with Gasteiger partial charge in [-0.3, -0.25) is 9.89 Å². The van der Waals surface area contributed by atoms with Crippen LogP contribution in [0.5, 0.6) is 0 Å². The predicted octanol–water partition coefficient (Wildman–Crippen LogP) is 3.85. The molecule has 1 fully saturated rings. The number of benzene rings is 1. The van der Waals surface area contributed by atoms with Gasteiger partial charge in [-0.1, -0.05) is 6.07 Å². The lowest BCUT2D eigenvalue weighted by molar-refractivity contribution is 0.0742. The number of hydrogen-bond acceptors (Lipinski definition) is 4. The number of aromatic amines is 1. The maximum absolute atomic E-state index is 13.0. The monoisotopic (exact) mass is 410 g/mol. The number of hydrogen-bond donors (Lipinski definition) is 1. The van der Waals surface area contributed by atoms with Crippen molar-refractivity contribution in [1.82, 2.24) is 24.6 Å². The third-order valence-corrected chi connectivity index (χ3v) is 6.03. The molecule has 0 radical (unpaired) electrons. The van der Waals surface area contributed by atoms with Gasteiger partial charge < -0.3 is 9.47 Å². The van der Waals surface area contributed by atoms with Gasteiger partial charge in [-0.25, -0.2) is 4.98 Å². The second-order valence-electron chi connectivity index (χ2n) is 8.16. The molecule has 0 aliphatic carbocycles. The molecule has 7 nitrogen and oxygen atoms in total. The van der Waals surface area contributed by atoms with E-state index in [1.807, 2.05) is 23.2 Å². The molecule has 31 heavy (non-hydrogen) atoms. The topological polar surface area (TPSA) is 90.6 Å². The number of nitrogens with zero attached hydrogens (tertiary/aromatic N) is 5. The zero-order valence-corrected chi connectivity index (χ0v) is 17.2. The Kier molecular flexibility index (Phi) is 4.75. The summed E-state index contributed by atoms with van der Waals surface area (Å²) >= 11 is 0. The Morgan fingerprint density at radius 3 is 3.00 bits per heavy atom. The number of carbonyl (C=O) groups excluding carboxylic acids is 1. The van der Waals surface area contributed by atoms with Crippen molar-refractivity contribution < 1.29 is 4.79 Å². The summed E-state index contributed by atoms with van der Waals surface area (Å²) in [6.45, 7) is 3.64. The van der Waals surface area contributed by atoms with Gasteiger partial charge in [0.2, 0.25) is 0 Å². The van der Waals surface area contributed by atoms with Crippen molar-refractivity contribution >= 4 is 16.9 Å². The van der Waals surface area contributed by atoms with E-state index in [1.54, 1.807) is 30.5 Å². The molecule has 1 amide bonds. The molecular weight excluding hydrogens is 388 g/mol. The molecule has 1 aliphatic heterocycles. The van der Waals surface area contributed by atoms with Crippen LogP contribution < -0.4 is 0 Å². The molecule has 4 aromatic rings. The summed E-state index contributed by atoms with van der Waals surface area (Å²) in [7, 11) is 0. The summed E-state index contributed by atoms with van der Waals surface area (Å²) in [6, 6.07) is 15.4. The van der Waals surface area contributed by atoms with Gasteiger partial charge in [-0.05, 0) is 55.7 Å². The lowest BCUT2D eigenvalue weighted by atomic mass is 10.1. The van der Waals surface area contributed by atoms with Crippen LogP contribution >= 0.6 is 0 Å². The van der Waals surface area contributed by atoms with Crippen LogP contribution in [0, 0.1) is 17.2 Å². The van der Waals surface area contributed by atoms with Gasteiger partial charge in [0.05, 0.1) is 34.6 Å². The third-order valence-electron chi connectivity index (χ3n) is 6.03.